The fourth-order valence-corrected chi connectivity index (χ4v) is 6.13. The highest BCUT2D eigenvalue weighted by atomic mass is 32.2. The first kappa shape index (κ1) is 21.4. The molecule has 0 saturated carbocycles. The normalized spacial score (nSPS) is 15.2. The number of hydrogen-bond donors (Lipinski definition) is 0. The maximum atomic E-state index is 12.9. The van der Waals surface area contributed by atoms with Crippen molar-refractivity contribution < 1.29 is 17.9 Å². The zero-order chi connectivity index (χ0) is 21.8. The molecule has 1 aliphatic heterocycles. The lowest BCUT2D eigenvalue weighted by molar-refractivity contribution is -0.132. The first-order chi connectivity index (χ1) is 15.0. The largest absolute Gasteiger partial charge is 0.496 e. The van der Waals surface area contributed by atoms with E-state index in [4.69, 9.17) is 4.74 Å². The second-order valence-corrected chi connectivity index (χ2v) is 10.1. The van der Waals surface area contributed by atoms with Crippen molar-refractivity contribution in [1.29, 1.82) is 0 Å². The average molecular weight is 438 g/mol. The Labute approximate surface area is 183 Å². The van der Waals surface area contributed by atoms with Crippen LogP contribution in [-0.2, 0) is 21.1 Å². The van der Waals surface area contributed by atoms with Crippen LogP contribution in [0.2, 0.25) is 0 Å². The van der Waals surface area contributed by atoms with Gasteiger partial charge in [-0.3, -0.25) is 4.79 Å². The molecule has 0 unspecified atom stereocenters. The molecule has 0 radical (unpaired) electrons. The van der Waals surface area contributed by atoms with E-state index in [1.54, 1.807) is 36.3 Å². The van der Waals surface area contributed by atoms with Crippen molar-refractivity contribution in [1.82, 2.24) is 4.90 Å². The van der Waals surface area contributed by atoms with E-state index >= 15 is 0 Å². The molecule has 0 atom stereocenters. The molecule has 162 valence electrons. The van der Waals surface area contributed by atoms with Crippen LogP contribution < -0.4 is 4.74 Å². The van der Waals surface area contributed by atoms with Crippen LogP contribution in [0.1, 0.15) is 24.8 Å². The van der Waals surface area contributed by atoms with Crippen molar-refractivity contribution in [2.45, 2.75) is 35.8 Å². The fourth-order valence-electron chi connectivity index (χ4n) is 4.37. The van der Waals surface area contributed by atoms with Gasteiger partial charge in [-0.1, -0.05) is 48.5 Å². The van der Waals surface area contributed by atoms with Crippen molar-refractivity contribution in [3.63, 3.8) is 0 Å². The second kappa shape index (κ2) is 9.10. The van der Waals surface area contributed by atoms with E-state index in [0.717, 1.165) is 22.1 Å². The molecule has 1 heterocycles. The summed E-state index contributed by atoms with van der Waals surface area (Å²) >= 11 is 0. The van der Waals surface area contributed by atoms with Gasteiger partial charge in [-0.15, -0.1) is 0 Å². The molecule has 1 amide bonds. The summed E-state index contributed by atoms with van der Waals surface area (Å²) < 4.78 is 31.2. The SMILES string of the molecule is COc1ccc2ccccc2c1CCC(=O)N1CCC(S(=O)(=O)c2ccccc2)CC1. The minimum atomic E-state index is -3.35. The Morgan fingerprint density at radius 2 is 1.65 bits per heavy atom. The van der Waals surface area contributed by atoms with Crippen molar-refractivity contribution in [3.05, 3.63) is 72.3 Å². The Kier molecular flexibility index (Phi) is 6.28. The topological polar surface area (TPSA) is 63.7 Å². The quantitative estimate of drug-likeness (QED) is 0.578. The third-order valence-corrected chi connectivity index (χ3v) is 8.39. The van der Waals surface area contributed by atoms with E-state index in [2.05, 4.69) is 12.1 Å². The summed E-state index contributed by atoms with van der Waals surface area (Å²) in [6.45, 7) is 0.949. The molecule has 1 aliphatic rings. The summed E-state index contributed by atoms with van der Waals surface area (Å²) in [5.41, 5.74) is 1.04. The van der Waals surface area contributed by atoms with Crippen LogP contribution >= 0.6 is 0 Å². The van der Waals surface area contributed by atoms with Crippen LogP contribution in [0.4, 0.5) is 0 Å². The first-order valence-corrected chi connectivity index (χ1v) is 12.2. The Morgan fingerprint density at radius 3 is 2.35 bits per heavy atom. The van der Waals surface area contributed by atoms with Gasteiger partial charge in [0, 0.05) is 25.1 Å². The predicted octanol–water partition coefficient (Wildman–Crippen LogP) is 4.25. The number of piperidine rings is 1. The molecule has 4 rings (SSSR count). The van der Waals surface area contributed by atoms with Gasteiger partial charge in [-0.2, -0.15) is 0 Å². The summed E-state index contributed by atoms with van der Waals surface area (Å²) in [6.07, 6.45) is 1.91. The standard InChI is InChI=1S/C25H27NO4S/c1-30-24-13-11-19-7-5-6-10-22(19)23(24)12-14-25(27)26-17-15-21(16-18-26)31(28,29)20-8-3-2-4-9-20/h2-11,13,21H,12,14-18H2,1H3. The van der Waals surface area contributed by atoms with Crippen LogP contribution in [0.25, 0.3) is 10.8 Å². The minimum Gasteiger partial charge on any atom is -0.496 e. The Hall–Kier alpha value is -2.86. The summed E-state index contributed by atoms with van der Waals surface area (Å²) in [7, 11) is -1.71. The van der Waals surface area contributed by atoms with Crippen LogP contribution in [0.15, 0.2) is 71.6 Å². The van der Waals surface area contributed by atoms with Gasteiger partial charge >= 0.3 is 0 Å². The average Bonchev–Trinajstić information content (AvgIpc) is 2.82. The number of carbonyl (C=O) groups excluding carboxylic acids is 1. The van der Waals surface area contributed by atoms with E-state index in [1.807, 2.05) is 30.3 Å². The van der Waals surface area contributed by atoms with Gasteiger partial charge in [0.1, 0.15) is 5.75 Å². The van der Waals surface area contributed by atoms with E-state index in [0.29, 0.717) is 43.7 Å². The van der Waals surface area contributed by atoms with Gasteiger partial charge in [0.05, 0.1) is 17.3 Å². The molecule has 3 aromatic carbocycles. The lowest BCUT2D eigenvalue weighted by atomic mass is 9.99. The number of amides is 1. The molecule has 0 aromatic heterocycles. The number of aryl methyl sites for hydroxylation is 1. The lowest BCUT2D eigenvalue weighted by Gasteiger charge is -2.32. The molecule has 1 saturated heterocycles. The molecular weight excluding hydrogens is 410 g/mol. The van der Waals surface area contributed by atoms with Crippen molar-refractivity contribution in [2.24, 2.45) is 0 Å². The van der Waals surface area contributed by atoms with Gasteiger partial charge in [0.2, 0.25) is 5.91 Å². The third kappa shape index (κ3) is 4.44. The third-order valence-electron chi connectivity index (χ3n) is 6.11. The molecule has 6 heteroatoms. The molecule has 5 nitrogen and oxygen atoms in total. The summed E-state index contributed by atoms with van der Waals surface area (Å²) in [6, 6.07) is 20.7. The number of fused-ring (bicyclic) bond motifs is 1. The van der Waals surface area contributed by atoms with Crippen LogP contribution in [0.3, 0.4) is 0 Å². The summed E-state index contributed by atoms with van der Waals surface area (Å²) in [4.78, 5) is 15.0. The van der Waals surface area contributed by atoms with Crippen LogP contribution in [0.5, 0.6) is 5.75 Å². The molecule has 1 fully saturated rings. The van der Waals surface area contributed by atoms with Gasteiger partial charge in [0.15, 0.2) is 9.84 Å². The number of likely N-dealkylation sites (tertiary alicyclic amines) is 1. The van der Waals surface area contributed by atoms with Gasteiger partial charge in [-0.25, -0.2) is 8.42 Å². The highest BCUT2D eigenvalue weighted by molar-refractivity contribution is 7.92. The highest BCUT2D eigenvalue weighted by Gasteiger charge is 2.32. The number of sulfone groups is 1. The molecule has 0 spiro atoms. The number of carbonyl (C=O) groups is 1. The van der Waals surface area contributed by atoms with Crippen LogP contribution in [0, 0.1) is 0 Å². The molecular formula is C25H27NO4S. The number of methoxy groups -OCH3 is 1. The van der Waals surface area contributed by atoms with E-state index in [1.165, 1.54) is 0 Å². The smallest absolute Gasteiger partial charge is 0.222 e. The van der Waals surface area contributed by atoms with Crippen molar-refractivity contribution >= 4 is 26.5 Å². The predicted molar refractivity (Wildman–Crippen MR) is 122 cm³/mol. The lowest BCUT2D eigenvalue weighted by Crippen LogP contribution is -2.42. The maximum absolute atomic E-state index is 12.9. The minimum absolute atomic E-state index is 0.0607. The molecule has 0 bridgehead atoms. The maximum Gasteiger partial charge on any atom is 0.222 e. The number of rotatable bonds is 6. The van der Waals surface area contributed by atoms with Gasteiger partial charge in [-0.05, 0) is 48.2 Å². The van der Waals surface area contributed by atoms with Gasteiger partial charge in [0.25, 0.3) is 0 Å². The second-order valence-electron chi connectivity index (χ2n) is 7.91. The molecule has 3 aromatic rings. The number of benzene rings is 3. The summed E-state index contributed by atoms with van der Waals surface area (Å²) in [5.74, 6) is 0.852. The zero-order valence-corrected chi connectivity index (χ0v) is 18.5. The van der Waals surface area contributed by atoms with Crippen LogP contribution in [-0.4, -0.2) is 44.7 Å². The first-order valence-electron chi connectivity index (χ1n) is 10.6. The van der Waals surface area contributed by atoms with Crippen molar-refractivity contribution in [3.8, 4) is 5.75 Å². The van der Waals surface area contributed by atoms with E-state index < -0.39 is 15.1 Å². The molecule has 0 aliphatic carbocycles. The Bertz CT molecular complexity index is 1170. The Balaban J connectivity index is 1.40. The van der Waals surface area contributed by atoms with E-state index in [9.17, 15) is 13.2 Å². The molecule has 0 N–H and O–H groups in total. The van der Waals surface area contributed by atoms with E-state index in [-0.39, 0.29) is 5.91 Å². The highest BCUT2D eigenvalue weighted by Crippen LogP contribution is 2.30. The zero-order valence-electron chi connectivity index (χ0n) is 17.7. The monoisotopic (exact) mass is 437 g/mol. The van der Waals surface area contributed by atoms with Gasteiger partial charge < -0.3 is 9.64 Å². The summed E-state index contributed by atoms with van der Waals surface area (Å²) in [5, 5.41) is 1.79. The Morgan fingerprint density at radius 1 is 0.968 bits per heavy atom. The number of ether oxygens (including phenoxy) is 1. The number of nitrogens with zero attached hydrogens (tertiary/aromatic N) is 1. The molecule has 31 heavy (non-hydrogen) atoms. The van der Waals surface area contributed by atoms with Crippen molar-refractivity contribution in [2.75, 3.05) is 20.2 Å². The fraction of sp³-hybridized carbons (Fsp3) is 0.320. The number of hydrogen-bond acceptors (Lipinski definition) is 4.